The smallest absolute Gasteiger partial charge is 0.406 e. The second kappa shape index (κ2) is 7.69. The first-order valence-electron chi connectivity index (χ1n) is 7.17. The van der Waals surface area contributed by atoms with E-state index >= 15 is 0 Å². The summed E-state index contributed by atoms with van der Waals surface area (Å²) in [4.78, 5) is 27.5. The lowest BCUT2D eigenvalue weighted by Gasteiger charge is -2.10. The number of hydrogen-bond acceptors (Lipinski definition) is 4. The molecule has 7 nitrogen and oxygen atoms in total. The highest BCUT2D eigenvalue weighted by Crippen LogP contribution is 2.23. The van der Waals surface area contributed by atoms with Crippen molar-refractivity contribution in [3.63, 3.8) is 0 Å². The number of imidazole rings is 1. The number of anilines is 1. The monoisotopic (exact) mass is 356 g/mol. The van der Waals surface area contributed by atoms with Gasteiger partial charge in [0.05, 0.1) is 0 Å². The van der Waals surface area contributed by atoms with Gasteiger partial charge in [-0.15, -0.1) is 13.2 Å². The van der Waals surface area contributed by atoms with Crippen LogP contribution in [0.5, 0.6) is 5.75 Å². The third-order valence-corrected chi connectivity index (χ3v) is 3.11. The molecule has 0 fully saturated rings. The fourth-order valence-corrected chi connectivity index (χ4v) is 1.94. The number of nitrogens with zero attached hydrogens (tertiary/aromatic N) is 2. The molecule has 1 heterocycles. The molecule has 134 valence electrons. The third kappa shape index (κ3) is 5.83. The molecule has 25 heavy (non-hydrogen) atoms. The number of aryl methyl sites for hydroxylation is 1. The molecular weight excluding hydrogens is 341 g/mol. The van der Waals surface area contributed by atoms with Gasteiger partial charge >= 0.3 is 18.2 Å². The van der Waals surface area contributed by atoms with E-state index in [0.29, 0.717) is 6.54 Å². The van der Waals surface area contributed by atoms with Gasteiger partial charge in [-0.05, 0) is 31.2 Å². The normalized spacial score (nSPS) is 11.0. The molecule has 0 atom stereocenters. The minimum atomic E-state index is -4.79. The summed E-state index contributed by atoms with van der Waals surface area (Å²) in [6, 6.07) is 4.45. The first kappa shape index (κ1) is 18.3. The van der Waals surface area contributed by atoms with Gasteiger partial charge in [-0.3, -0.25) is 9.59 Å². The van der Waals surface area contributed by atoms with E-state index in [1.165, 1.54) is 12.1 Å². The lowest BCUT2D eigenvalue weighted by atomic mass is 10.3. The fourth-order valence-electron chi connectivity index (χ4n) is 1.94. The molecule has 0 saturated carbocycles. The molecule has 0 saturated heterocycles. The lowest BCUT2D eigenvalue weighted by molar-refractivity contribution is -0.274. The Hall–Kier alpha value is -3.04. The summed E-state index contributed by atoms with van der Waals surface area (Å²) in [5, 5.41) is 4.72. The van der Waals surface area contributed by atoms with Gasteiger partial charge in [0.15, 0.2) is 0 Å². The number of hydrogen-bond donors (Lipinski definition) is 2. The zero-order chi connectivity index (χ0) is 18.4. The Morgan fingerprint density at radius 3 is 2.44 bits per heavy atom. The van der Waals surface area contributed by atoms with Gasteiger partial charge in [-0.25, -0.2) is 4.98 Å². The minimum Gasteiger partial charge on any atom is -0.406 e. The quantitative estimate of drug-likeness (QED) is 0.801. The number of rotatable bonds is 5. The molecule has 1 aromatic carbocycles. The van der Waals surface area contributed by atoms with Crippen molar-refractivity contribution in [3.05, 3.63) is 42.5 Å². The Morgan fingerprint density at radius 1 is 1.20 bits per heavy atom. The van der Waals surface area contributed by atoms with Gasteiger partial charge in [-0.2, -0.15) is 0 Å². The number of halogens is 3. The SMILES string of the molecule is Cc1nccn1CCNC(=O)C(=O)Nc1ccc(OC(F)(F)F)cc1. The van der Waals surface area contributed by atoms with Crippen LogP contribution in [-0.4, -0.2) is 34.3 Å². The van der Waals surface area contributed by atoms with Gasteiger partial charge in [0.1, 0.15) is 11.6 Å². The molecule has 0 aliphatic carbocycles. The maximum absolute atomic E-state index is 12.1. The molecule has 2 N–H and O–H groups in total. The van der Waals surface area contributed by atoms with E-state index in [0.717, 1.165) is 18.0 Å². The highest BCUT2D eigenvalue weighted by molar-refractivity contribution is 6.39. The van der Waals surface area contributed by atoms with Crippen molar-refractivity contribution in [2.24, 2.45) is 0 Å². The largest absolute Gasteiger partial charge is 0.573 e. The molecule has 0 aliphatic rings. The van der Waals surface area contributed by atoms with Gasteiger partial charge in [0, 0.05) is 31.2 Å². The number of alkyl halides is 3. The molecular formula is C15H15F3N4O3. The topological polar surface area (TPSA) is 85.2 Å². The van der Waals surface area contributed by atoms with Crippen molar-refractivity contribution in [3.8, 4) is 5.75 Å². The summed E-state index contributed by atoms with van der Waals surface area (Å²) in [5.74, 6) is -1.43. The van der Waals surface area contributed by atoms with Crippen LogP contribution in [0.15, 0.2) is 36.7 Å². The summed E-state index contributed by atoms with van der Waals surface area (Å²) in [6.45, 7) is 2.48. The first-order chi connectivity index (χ1) is 11.7. The number of carbonyl (C=O) groups excluding carboxylic acids is 2. The molecule has 0 unspecified atom stereocenters. The molecule has 0 radical (unpaired) electrons. The average molecular weight is 356 g/mol. The Kier molecular flexibility index (Phi) is 5.63. The van der Waals surface area contributed by atoms with Crippen LogP contribution in [0.25, 0.3) is 0 Å². The zero-order valence-electron chi connectivity index (χ0n) is 13.1. The van der Waals surface area contributed by atoms with E-state index in [4.69, 9.17) is 0 Å². The zero-order valence-corrected chi connectivity index (χ0v) is 13.1. The number of aromatic nitrogens is 2. The molecule has 0 bridgehead atoms. The summed E-state index contributed by atoms with van der Waals surface area (Å²) in [6.07, 6.45) is -1.43. The van der Waals surface area contributed by atoms with Crippen LogP contribution in [0, 0.1) is 6.92 Å². The Balaban J connectivity index is 1.80. The van der Waals surface area contributed by atoms with Crippen LogP contribution >= 0.6 is 0 Å². The number of ether oxygens (including phenoxy) is 1. The van der Waals surface area contributed by atoms with E-state index in [-0.39, 0.29) is 12.2 Å². The minimum absolute atomic E-state index is 0.167. The van der Waals surface area contributed by atoms with Gasteiger partial charge in [0.25, 0.3) is 0 Å². The molecule has 0 spiro atoms. The summed E-state index contributed by atoms with van der Waals surface area (Å²) in [5.41, 5.74) is 0.167. The molecule has 2 rings (SSSR count). The highest BCUT2D eigenvalue weighted by atomic mass is 19.4. The number of carbonyl (C=O) groups is 2. The lowest BCUT2D eigenvalue weighted by Crippen LogP contribution is -2.37. The second-order valence-corrected chi connectivity index (χ2v) is 4.95. The van der Waals surface area contributed by atoms with Gasteiger partial charge in [-0.1, -0.05) is 0 Å². The van der Waals surface area contributed by atoms with Crippen LogP contribution in [-0.2, 0) is 16.1 Å². The van der Waals surface area contributed by atoms with Gasteiger partial charge in [0.2, 0.25) is 0 Å². The number of benzene rings is 1. The van der Waals surface area contributed by atoms with Crippen molar-refractivity contribution < 1.29 is 27.5 Å². The summed E-state index contributed by atoms with van der Waals surface area (Å²) >= 11 is 0. The summed E-state index contributed by atoms with van der Waals surface area (Å²) in [7, 11) is 0. The van der Waals surface area contributed by atoms with E-state index < -0.39 is 23.9 Å². The van der Waals surface area contributed by atoms with Crippen LogP contribution in [0.4, 0.5) is 18.9 Å². The standard InChI is InChI=1S/C15H15F3N4O3/c1-10-19-6-8-22(10)9-7-20-13(23)14(24)21-11-2-4-12(5-3-11)25-15(16,17)18/h2-6,8H,7,9H2,1H3,(H,20,23)(H,21,24). The number of nitrogens with one attached hydrogen (secondary N) is 2. The highest BCUT2D eigenvalue weighted by Gasteiger charge is 2.31. The predicted octanol–water partition coefficient (Wildman–Crippen LogP) is 1.85. The Bertz CT molecular complexity index is 741. The van der Waals surface area contributed by atoms with E-state index in [2.05, 4.69) is 20.4 Å². The second-order valence-electron chi connectivity index (χ2n) is 4.95. The van der Waals surface area contributed by atoms with E-state index in [9.17, 15) is 22.8 Å². The fraction of sp³-hybridized carbons (Fsp3) is 0.267. The first-order valence-corrected chi connectivity index (χ1v) is 7.17. The Labute approximate surface area is 140 Å². The van der Waals surface area contributed by atoms with Crippen molar-refractivity contribution in [2.75, 3.05) is 11.9 Å². The van der Waals surface area contributed by atoms with Crippen LogP contribution in [0.2, 0.25) is 0 Å². The molecule has 10 heteroatoms. The van der Waals surface area contributed by atoms with Crippen LogP contribution in [0.3, 0.4) is 0 Å². The maximum atomic E-state index is 12.1. The van der Waals surface area contributed by atoms with Gasteiger partial charge < -0.3 is 19.9 Å². The summed E-state index contributed by atoms with van der Waals surface area (Å²) < 4.78 is 41.7. The van der Waals surface area contributed by atoms with Crippen LogP contribution in [0.1, 0.15) is 5.82 Å². The van der Waals surface area contributed by atoms with E-state index in [1.807, 2.05) is 0 Å². The number of amides is 2. The van der Waals surface area contributed by atoms with Crippen LogP contribution < -0.4 is 15.4 Å². The van der Waals surface area contributed by atoms with Crippen molar-refractivity contribution in [2.45, 2.75) is 19.8 Å². The van der Waals surface area contributed by atoms with Crippen molar-refractivity contribution in [1.29, 1.82) is 0 Å². The predicted molar refractivity (Wildman–Crippen MR) is 81.7 cm³/mol. The molecule has 2 aromatic rings. The van der Waals surface area contributed by atoms with Crippen molar-refractivity contribution in [1.82, 2.24) is 14.9 Å². The molecule has 0 aliphatic heterocycles. The van der Waals surface area contributed by atoms with Crippen molar-refractivity contribution >= 4 is 17.5 Å². The van der Waals surface area contributed by atoms with E-state index in [1.54, 1.807) is 23.9 Å². The third-order valence-electron chi connectivity index (χ3n) is 3.11. The Morgan fingerprint density at radius 2 is 1.88 bits per heavy atom. The molecule has 2 amide bonds. The average Bonchev–Trinajstić information content (AvgIpc) is 2.93. The molecule has 1 aromatic heterocycles. The maximum Gasteiger partial charge on any atom is 0.573 e.